The van der Waals surface area contributed by atoms with Crippen molar-refractivity contribution in [3.05, 3.63) is 30.1 Å². The maximum Gasteiger partial charge on any atom is 0.0955 e. The first kappa shape index (κ1) is 12.1. The number of nitrogens with zero attached hydrogens (tertiary/aromatic N) is 2. The van der Waals surface area contributed by atoms with Gasteiger partial charge in [-0.3, -0.25) is 0 Å². The number of aryl methyl sites for hydroxylation is 1. The number of benzene rings is 1. The fourth-order valence-electron chi connectivity index (χ4n) is 2.30. The van der Waals surface area contributed by atoms with Crippen molar-refractivity contribution >= 4 is 11.0 Å². The summed E-state index contributed by atoms with van der Waals surface area (Å²) < 4.78 is 2.03. The van der Waals surface area contributed by atoms with Crippen LogP contribution >= 0.6 is 0 Å². The van der Waals surface area contributed by atoms with Crippen LogP contribution in [0.25, 0.3) is 11.0 Å². The van der Waals surface area contributed by atoms with Gasteiger partial charge in [-0.15, -0.1) is 0 Å². The van der Waals surface area contributed by atoms with Crippen LogP contribution in [0.3, 0.4) is 0 Å². The Labute approximate surface area is 103 Å². The normalized spacial score (nSPS) is 13.5. The molecule has 0 amide bonds. The average Bonchev–Trinajstić information content (AvgIpc) is 2.58. The van der Waals surface area contributed by atoms with Crippen LogP contribution in [-0.2, 0) is 13.5 Å². The minimum Gasteiger partial charge on any atom is -0.334 e. The second kappa shape index (κ2) is 4.88. The summed E-state index contributed by atoms with van der Waals surface area (Å²) in [5, 5.41) is 0. The Bertz CT molecular complexity index is 499. The Morgan fingerprint density at radius 2 is 2.12 bits per heavy atom. The second-order valence-electron chi connectivity index (χ2n) is 5.27. The van der Waals surface area contributed by atoms with E-state index < -0.39 is 0 Å². The van der Waals surface area contributed by atoms with Gasteiger partial charge in [0.25, 0.3) is 0 Å². The van der Waals surface area contributed by atoms with Gasteiger partial charge >= 0.3 is 0 Å². The average molecular weight is 231 g/mol. The molecule has 3 nitrogen and oxygen atoms in total. The third kappa shape index (κ3) is 2.86. The smallest absolute Gasteiger partial charge is 0.0955 e. The van der Waals surface area contributed by atoms with Crippen molar-refractivity contribution in [2.45, 2.75) is 32.7 Å². The molecule has 2 N–H and O–H groups in total. The van der Waals surface area contributed by atoms with E-state index in [9.17, 15) is 0 Å². The molecule has 1 aromatic heterocycles. The number of aromatic nitrogens is 2. The number of rotatable bonds is 4. The molecule has 0 fully saturated rings. The number of fused-ring (bicyclic) bond motifs is 1. The number of hydrogen-bond acceptors (Lipinski definition) is 2. The molecule has 2 aromatic rings. The highest BCUT2D eigenvalue weighted by molar-refractivity contribution is 5.75. The summed E-state index contributed by atoms with van der Waals surface area (Å²) in [7, 11) is 2.01. The monoisotopic (exact) mass is 231 g/mol. The zero-order valence-corrected chi connectivity index (χ0v) is 10.9. The van der Waals surface area contributed by atoms with Gasteiger partial charge in [0.2, 0.25) is 0 Å². The molecule has 0 bridgehead atoms. The van der Waals surface area contributed by atoms with E-state index in [1.165, 1.54) is 11.1 Å². The van der Waals surface area contributed by atoms with E-state index in [4.69, 9.17) is 5.73 Å². The molecule has 1 atom stereocenters. The predicted molar refractivity (Wildman–Crippen MR) is 71.8 cm³/mol. The molecule has 0 spiro atoms. The van der Waals surface area contributed by atoms with E-state index in [0.29, 0.717) is 5.92 Å². The van der Waals surface area contributed by atoms with Gasteiger partial charge in [0, 0.05) is 13.1 Å². The van der Waals surface area contributed by atoms with Crippen LogP contribution in [0.4, 0.5) is 0 Å². The lowest BCUT2D eigenvalue weighted by molar-refractivity contribution is 0.493. The van der Waals surface area contributed by atoms with Crippen molar-refractivity contribution in [3.8, 4) is 0 Å². The van der Waals surface area contributed by atoms with Crippen molar-refractivity contribution < 1.29 is 0 Å². The first-order chi connectivity index (χ1) is 8.06. The van der Waals surface area contributed by atoms with Crippen molar-refractivity contribution in [2.75, 3.05) is 0 Å². The number of imidazole rings is 1. The van der Waals surface area contributed by atoms with Crippen LogP contribution in [0.2, 0.25) is 0 Å². The molecule has 0 aliphatic carbocycles. The van der Waals surface area contributed by atoms with Crippen LogP contribution < -0.4 is 5.73 Å². The van der Waals surface area contributed by atoms with E-state index in [2.05, 4.69) is 37.0 Å². The van der Waals surface area contributed by atoms with E-state index in [0.717, 1.165) is 18.4 Å². The van der Waals surface area contributed by atoms with Crippen molar-refractivity contribution in [1.29, 1.82) is 0 Å². The zero-order valence-electron chi connectivity index (χ0n) is 10.9. The summed E-state index contributed by atoms with van der Waals surface area (Å²) in [6, 6.07) is 6.68. The topological polar surface area (TPSA) is 43.8 Å². The first-order valence-corrected chi connectivity index (χ1v) is 6.22. The molecule has 0 aliphatic rings. The quantitative estimate of drug-likeness (QED) is 0.878. The van der Waals surface area contributed by atoms with Gasteiger partial charge in [0.15, 0.2) is 0 Å². The van der Waals surface area contributed by atoms with E-state index in [1.807, 2.05) is 17.9 Å². The van der Waals surface area contributed by atoms with Crippen LogP contribution in [0.15, 0.2) is 24.5 Å². The molecule has 2 rings (SSSR count). The zero-order chi connectivity index (χ0) is 12.4. The molecule has 3 heteroatoms. The third-order valence-corrected chi connectivity index (χ3v) is 3.06. The number of hydrogen-bond donors (Lipinski definition) is 1. The van der Waals surface area contributed by atoms with Gasteiger partial charge in [-0.2, -0.15) is 0 Å². The second-order valence-corrected chi connectivity index (χ2v) is 5.27. The van der Waals surface area contributed by atoms with E-state index in [-0.39, 0.29) is 6.04 Å². The summed E-state index contributed by atoms with van der Waals surface area (Å²) in [4.78, 5) is 4.37. The Morgan fingerprint density at radius 1 is 1.35 bits per heavy atom. The molecule has 0 radical (unpaired) electrons. The Kier molecular flexibility index (Phi) is 3.48. The lowest BCUT2D eigenvalue weighted by atomic mass is 9.98. The minimum atomic E-state index is 0.246. The molecule has 17 heavy (non-hydrogen) atoms. The van der Waals surface area contributed by atoms with Crippen LogP contribution in [0.1, 0.15) is 25.8 Å². The maximum atomic E-state index is 6.13. The molecule has 1 aromatic carbocycles. The lowest BCUT2D eigenvalue weighted by Gasteiger charge is -2.13. The number of nitrogens with two attached hydrogens (primary N) is 1. The van der Waals surface area contributed by atoms with Gasteiger partial charge < -0.3 is 10.3 Å². The van der Waals surface area contributed by atoms with Crippen LogP contribution in [-0.4, -0.2) is 15.6 Å². The van der Waals surface area contributed by atoms with Crippen molar-refractivity contribution in [1.82, 2.24) is 9.55 Å². The van der Waals surface area contributed by atoms with Gasteiger partial charge in [-0.25, -0.2) is 4.98 Å². The van der Waals surface area contributed by atoms with Crippen LogP contribution in [0.5, 0.6) is 0 Å². The van der Waals surface area contributed by atoms with Gasteiger partial charge in [-0.1, -0.05) is 19.9 Å². The fraction of sp³-hybridized carbons (Fsp3) is 0.500. The summed E-state index contributed by atoms with van der Waals surface area (Å²) in [6.45, 7) is 4.42. The fourth-order valence-corrected chi connectivity index (χ4v) is 2.30. The van der Waals surface area contributed by atoms with Gasteiger partial charge in [-0.05, 0) is 36.5 Å². The molecular formula is C14H21N3. The Hall–Kier alpha value is -1.35. The largest absolute Gasteiger partial charge is 0.334 e. The van der Waals surface area contributed by atoms with Crippen LogP contribution in [0, 0.1) is 5.92 Å². The van der Waals surface area contributed by atoms with E-state index >= 15 is 0 Å². The van der Waals surface area contributed by atoms with Gasteiger partial charge in [0.05, 0.1) is 17.4 Å². The van der Waals surface area contributed by atoms with E-state index in [1.54, 1.807) is 0 Å². The molecular weight excluding hydrogens is 210 g/mol. The molecule has 0 saturated heterocycles. The highest BCUT2D eigenvalue weighted by Crippen LogP contribution is 2.16. The molecule has 92 valence electrons. The van der Waals surface area contributed by atoms with Crippen molar-refractivity contribution in [3.63, 3.8) is 0 Å². The standard InChI is InChI=1S/C14H21N3/c1-10(2)6-12(15)7-11-4-5-14-13(8-11)16-9-17(14)3/h4-5,8-10,12H,6-7,15H2,1-3H3. The third-order valence-electron chi connectivity index (χ3n) is 3.06. The molecule has 1 unspecified atom stereocenters. The molecule has 0 aliphatic heterocycles. The lowest BCUT2D eigenvalue weighted by Crippen LogP contribution is -2.24. The van der Waals surface area contributed by atoms with Crippen molar-refractivity contribution in [2.24, 2.45) is 18.7 Å². The Balaban J connectivity index is 2.14. The SMILES string of the molecule is CC(C)CC(N)Cc1ccc2c(c1)ncn2C. The Morgan fingerprint density at radius 3 is 2.82 bits per heavy atom. The minimum absolute atomic E-state index is 0.246. The highest BCUT2D eigenvalue weighted by Gasteiger charge is 2.08. The summed E-state index contributed by atoms with van der Waals surface area (Å²) in [6.07, 6.45) is 3.85. The summed E-state index contributed by atoms with van der Waals surface area (Å²) >= 11 is 0. The maximum absolute atomic E-state index is 6.13. The van der Waals surface area contributed by atoms with Gasteiger partial charge in [0.1, 0.15) is 0 Å². The molecule has 0 saturated carbocycles. The predicted octanol–water partition coefficient (Wildman–Crippen LogP) is 2.49. The summed E-state index contributed by atoms with van der Waals surface area (Å²) in [5.41, 5.74) is 9.64. The molecule has 1 heterocycles. The first-order valence-electron chi connectivity index (χ1n) is 6.22. The highest BCUT2D eigenvalue weighted by atomic mass is 15.0. The summed E-state index contributed by atoms with van der Waals surface area (Å²) in [5.74, 6) is 0.656.